The van der Waals surface area contributed by atoms with E-state index in [0.29, 0.717) is 18.4 Å². The number of aliphatic hydroxyl groups is 1. The van der Waals surface area contributed by atoms with Gasteiger partial charge < -0.3 is 5.11 Å². The predicted octanol–water partition coefficient (Wildman–Crippen LogP) is 1.24. The van der Waals surface area contributed by atoms with Crippen molar-refractivity contribution < 1.29 is 14.7 Å². The topological polar surface area (TPSA) is 57.6 Å². The zero-order valence-corrected chi connectivity index (χ0v) is 11.0. The summed E-state index contributed by atoms with van der Waals surface area (Å²) in [5, 5.41) is 10.7. The third-order valence-electron chi connectivity index (χ3n) is 5.55. The molecule has 0 saturated heterocycles. The molecule has 5 aliphatic rings. The second-order valence-electron chi connectivity index (χ2n) is 7.28. The molecule has 1 heterocycles. The van der Waals surface area contributed by atoms with Crippen LogP contribution < -0.4 is 0 Å². The third-order valence-corrected chi connectivity index (χ3v) is 5.55. The first kappa shape index (κ1) is 11.6. The first-order valence-corrected chi connectivity index (χ1v) is 7.23. The summed E-state index contributed by atoms with van der Waals surface area (Å²) in [6, 6.07) is 0. The second-order valence-corrected chi connectivity index (χ2v) is 7.28. The fourth-order valence-electron chi connectivity index (χ4n) is 5.51. The number of amides is 2. The Hall–Kier alpha value is -1.16. The molecular formula is C15H19NO3. The van der Waals surface area contributed by atoms with Gasteiger partial charge in [0.1, 0.15) is 0 Å². The van der Waals surface area contributed by atoms with Crippen LogP contribution >= 0.6 is 0 Å². The minimum Gasteiger partial charge on any atom is -0.390 e. The highest BCUT2D eigenvalue weighted by Crippen LogP contribution is 2.61. The standard InChI is InChI=1S/C15H19NO3/c17-12-1-2-13(18)16(12)9-14-4-10-3-11(5-14)7-15(19,6-10)8-14/h1-2,10-11,19H,3-9H2. The molecule has 0 radical (unpaired) electrons. The van der Waals surface area contributed by atoms with Gasteiger partial charge in [-0.2, -0.15) is 0 Å². The Labute approximate surface area is 112 Å². The van der Waals surface area contributed by atoms with Crippen molar-refractivity contribution in [3.8, 4) is 0 Å². The van der Waals surface area contributed by atoms with Gasteiger partial charge in [-0.1, -0.05) is 0 Å². The van der Waals surface area contributed by atoms with Crippen molar-refractivity contribution in [2.24, 2.45) is 17.3 Å². The van der Waals surface area contributed by atoms with E-state index >= 15 is 0 Å². The quantitative estimate of drug-likeness (QED) is 0.761. The van der Waals surface area contributed by atoms with Gasteiger partial charge in [0.2, 0.25) is 0 Å². The molecule has 4 bridgehead atoms. The molecule has 4 fully saturated rings. The van der Waals surface area contributed by atoms with Crippen LogP contribution in [-0.4, -0.2) is 34.0 Å². The van der Waals surface area contributed by atoms with Crippen molar-refractivity contribution in [1.82, 2.24) is 4.90 Å². The fraction of sp³-hybridized carbons (Fsp3) is 0.733. The number of nitrogens with zero attached hydrogens (tertiary/aromatic N) is 1. The van der Waals surface area contributed by atoms with Gasteiger partial charge in [-0.15, -0.1) is 0 Å². The highest BCUT2D eigenvalue weighted by molar-refractivity contribution is 6.12. The lowest BCUT2D eigenvalue weighted by atomic mass is 9.48. The summed E-state index contributed by atoms with van der Waals surface area (Å²) in [7, 11) is 0. The number of carbonyl (C=O) groups is 2. The Bertz CT molecular complexity index is 464. The number of rotatable bonds is 2. The highest BCUT2D eigenvalue weighted by atomic mass is 16.3. The minimum absolute atomic E-state index is 0.0177. The summed E-state index contributed by atoms with van der Waals surface area (Å²) in [5.74, 6) is 0.805. The number of carbonyl (C=O) groups excluding carboxylic acids is 2. The van der Waals surface area contributed by atoms with E-state index < -0.39 is 5.60 Å². The molecule has 0 aromatic carbocycles. The molecule has 0 aromatic rings. The molecule has 5 rings (SSSR count). The summed E-state index contributed by atoms with van der Waals surface area (Å²) in [4.78, 5) is 24.9. The van der Waals surface area contributed by atoms with Crippen LogP contribution in [-0.2, 0) is 9.59 Å². The van der Waals surface area contributed by atoms with Crippen LogP contribution in [0.5, 0.6) is 0 Å². The lowest BCUT2D eigenvalue weighted by Crippen LogP contribution is -2.59. The van der Waals surface area contributed by atoms with Gasteiger partial charge in [0.05, 0.1) is 5.60 Å². The average Bonchev–Trinajstić information content (AvgIpc) is 2.57. The molecule has 102 valence electrons. The molecule has 1 aliphatic heterocycles. The summed E-state index contributed by atoms with van der Waals surface area (Å²) >= 11 is 0. The first-order chi connectivity index (χ1) is 8.97. The van der Waals surface area contributed by atoms with Gasteiger partial charge in [0.15, 0.2) is 0 Å². The van der Waals surface area contributed by atoms with Crippen LogP contribution in [0.25, 0.3) is 0 Å². The molecule has 4 nitrogen and oxygen atoms in total. The van der Waals surface area contributed by atoms with E-state index in [1.165, 1.54) is 23.5 Å². The molecule has 4 saturated carbocycles. The zero-order valence-electron chi connectivity index (χ0n) is 11.0. The van der Waals surface area contributed by atoms with Gasteiger partial charge >= 0.3 is 0 Å². The van der Waals surface area contributed by atoms with Crippen molar-refractivity contribution in [3.63, 3.8) is 0 Å². The Morgan fingerprint density at radius 3 is 2.21 bits per heavy atom. The average molecular weight is 261 g/mol. The van der Waals surface area contributed by atoms with Crippen molar-refractivity contribution in [2.75, 3.05) is 6.54 Å². The highest BCUT2D eigenvalue weighted by Gasteiger charge is 2.58. The molecule has 2 unspecified atom stereocenters. The van der Waals surface area contributed by atoms with Gasteiger partial charge in [-0.25, -0.2) is 0 Å². The van der Waals surface area contributed by atoms with Crippen molar-refractivity contribution in [3.05, 3.63) is 12.2 Å². The third kappa shape index (κ3) is 1.69. The van der Waals surface area contributed by atoms with Crippen LogP contribution in [0.15, 0.2) is 12.2 Å². The normalized spacial score (nSPS) is 47.5. The maximum Gasteiger partial charge on any atom is 0.253 e. The van der Waals surface area contributed by atoms with Gasteiger partial charge in [-0.3, -0.25) is 14.5 Å². The molecule has 2 amide bonds. The predicted molar refractivity (Wildman–Crippen MR) is 67.9 cm³/mol. The van der Waals surface area contributed by atoms with E-state index in [1.807, 2.05) is 0 Å². The maximum absolute atomic E-state index is 11.7. The van der Waals surface area contributed by atoms with Gasteiger partial charge in [0.25, 0.3) is 11.8 Å². The number of imide groups is 1. The van der Waals surface area contributed by atoms with Crippen molar-refractivity contribution in [2.45, 2.75) is 44.1 Å². The van der Waals surface area contributed by atoms with Crippen LogP contribution in [0.3, 0.4) is 0 Å². The van der Waals surface area contributed by atoms with Crippen molar-refractivity contribution >= 4 is 11.8 Å². The van der Waals surface area contributed by atoms with Gasteiger partial charge in [-0.05, 0) is 55.8 Å². The van der Waals surface area contributed by atoms with Crippen LogP contribution in [0.2, 0.25) is 0 Å². The summed E-state index contributed by atoms with van der Waals surface area (Å²) in [5.41, 5.74) is -0.542. The Balaban J connectivity index is 1.61. The molecule has 4 heteroatoms. The molecule has 2 atom stereocenters. The zero-order chi connectivity index (χ0) is 13.3. The summed E-state index contributed by atoms with van der Waals surface area (Å²) < 4.78 is 0. The first-order valence-electron chi connectivity index (χ1n) is 7.23. The van der Waals surface area contributed by atoms with E-state index in [-0.39, 0.29) is 17.2 Å². The van der Waals surface area contributed by atoms with Gasteiger partial charge in [0, 0.05) is 18.7 Å². The molecule has 0 spiro atoms. The van der Waals surface area contributed by atoms with Crippen LogP contribution in [0.1, 0.15) is 38.5 Å². The molecule has 0 aromatic heterocycles. The SMILES string of the molecule is O=C1C=CC(=O)N1CC12CC3CC(CC(O)(C3)C1)C2. The summed E-state index contributed by atoms with van der Waals surface area (Å²) in [6.07, 6.45) is 8.70. The molecule has 1 N–H and O–H groups in total. The maximum atomic E-state index is 11.7. The van der Waals surface area contributed by atoms with Crippen LogP contribution in [0, 0.1) is 17.3 Å². The van der Waals surface area contributed by atoms with E-state index in [0.717, 1.165) is 32.1 Å². The smallest absolute Gasteiger partial charge is 0.253 e. The van der Waals surface area contributed by atoms with Crippen molar-refractivity contribution in [1.29, 1.82) is 0 Å². The lowest BCUT2D eigenvalue weighted by molar-refractivity contribution is -0.173. The lowest BCUT2D eigenvalue weighted by Gasteiger charge is -2.60. The molecular weight excluding hydrogens is 242 g/mol. The van der Waals surface area contributed by atoms with E-state index in [9.17, 15) is 14.7 Å². The molecule has 19 heavy (non-hydrogen) atoms. The second kappa shape index (κ2) is 3.48. The monoisotopic (exact) mass is 261 g/mol. The molecule has 4 aliphatic carbocycles. The van der Waals surface area contributed by atoms with Crippen LogP contribution in [0.4, 0.5) is 0 Å². The Morgan fingerprint density at radius 1 is 1.11 bits per heavy atom. The number of hydrogen-bond acceptors (Lipinski definition) is 3. The van der Waals surface area contributed by atoms with E-state index in [2.05, 4.69) is 0 Å². The van der Waals surface area contributed by atoms with E-state index in [1.54, 1.807) is 0 Å². The fourth-order valence-corrected chi connectivity index (χ4v) is 5.51. The number of hydrogen-bond donors (Lipinski definition) is 1. The Morgan fingerprint density at radius 2 is 1.68 bits per heavy atom. The minimum atomic E-state index is -0.524. The summed E-state index contributed by atoms with van der Waals surface area (Å²) in [6.45, 7) is 0.507. The van der Waals surface area contributed by atoms with E-state index in [4.69, 9.17) is 0 Å². The Kier molecular flexibility index (Phi) is 2.13. The largest absolute Gasteiger partial charge is 0.390 e.